The number of carbonyl (C=O) groups is 2. The Morgan fingerprint density at radius 2 is 1.80 bits per heavy atom. The lowest BCUT2D eigenvalue weighted by atomic mass is 10.1. The van der Waals surface area contributed by atoms with Crippen LogP contribution in [0.3, 0.4) is 0 Å². The first-order valence-electron chi connectivity index (χ1n) is 9.31. The number of primary amides is 1. The predicted octanol–water partition coefficient (Wildman–Crippen LogP) is 2.70. The number of hydrogen-bond acceptors (Lipinski definition) is 6. The van der Waals surface area contributed by atoms with Crippen LogP contribution in [0, 0.1) is 0 Å². The van der Waals surface area contributed by atoms with Crippen molar-refractivity contribution in [1.29, 1.82) is 0 Å². The van der Waals surface area contributed by atoms with Crippen LogP contribution in [0.25, 0.3) is 11.1 Å². The lowest BCUT2D eigenvalue weighted by molar-refractivity contribution is 0.0744. The first kappa shape index (κ1) is 20.9. The van der Waals surface area contributed by atoms with Crippen LogP contribution in [-0.4, -0.2) is 54.0 Å². The van der Waals surface area contributed by atoms with Crippen LogP contribution < -0.4 is 11.1 Å². The van der Waals surface area contributed by atoms with Crippen molar-refractivity contribution in [2.45, 2.75) is 0 Å². The highest BCUT2D eigenvalue weighted by Crippen LogP contribution is 2.23. The second-order valence-corrected chi connectivity index (χ2v) is 6.64. The first-order chi connectivity index (χ1) is 14.5. The molecule has 0 atom stereocenters. The van der Waals surface area contributed by atoms with Crippen LogP contribution in [0.4, 0.5) is 11.5 Å². The fraction of sp³-hybridized carbons (Fsp3) is 0.182. The summed E-state index contributed by atoms with van der Waals surface area (Å²) in [5.74, 6) is -0.0531. The van der Waals surface area contributed by atoms with E-state index in [1.807, 2.05) is 18.2 Å². The number of ether oxygens (including phenoxy) is 1. The van der Waals surface area contributed by atoms with Crippen LogP contribution >= 0.6 is 0 Å². The number of nitrogens with zero attached hydrogens (tertiary/aromatic N) is 3. The number of nitrogens with two attached hydrogens (primary N) is 1. The number of rotatable bonds is 8. The molecule has 0 saturated heterocycles. The predicted molar refractivity (Wildman–Crippen MR) is 115 cm³/mol. The van der Waals surface area contributed by atoms with Crippen molar-refractivity contribution < 1.29 is 14.3 Å². The zero-order valence-corrected chi connectivity index (χ0v) is 16.8. The summed E-state index contributed by atoms with van der Waals surface area (Å²) in [6.45, 7) is 1.03. The molecule has 3 aromatic rings. The molecule has 3 rings (SSSR count). The maximum atomic E-state index is 12.4. The van der Waals surface area contributed by atoms with Gasteiger partial charge in [-0.2, -0.15) is 0 Å². The fourth-order valence-electron chi connectivity index (χ4n) is 2.83. The third-order valence-electron chi connectivity index (χ3n) is 4.56. The smallest absolute Gasteiger partial charge is 0.253 e. The average molecular weight is 405 g/mol. The molecule has 0 unspecified atom stereocenters. The second kappa shape index (κ2) is 9.62. The third-order valence-corrected chi connectivity index (χ3v) is 4.56. The molecule has 1 aromatic carbocycles. The van der Waals surface area contributed by atoms with Crippen molar-refractivity contribution in [3.8, 4) is 11.1 Å². The van der Waals surface area contributed by atoms with E-state index >= 15 is 0 Å². The topological polar surface area (TPSA) is 110 Å². The average Bonchev–Trinajstić information content (AvgIpc) is 2.78. The molecule has 0 saturated carbocycles. The number of anilines is 2. The second-order valence-electron chi connectivity index (χ2n) is 6.64. The number of amides is 2. The lowest BCUT2D eigenvalue weighted by Gasteiger charge is -2.16. The third kappa shape index (κ3) is 4.98. The van der Waals surface area contributed by atoms with Gasteiger partial charge in [0.2, 0.25) is 0 Å². The molecule has 3 N–H and O–H groups in total. The van der Waals surface area contributed by atoms with Crippen molar-refractivity contribution in [1.82, 2.24) is 14.9 Å². The maximum Gasteiger partial charge on any atom is 0.253 e. The number of carbonyl (C=O) groups excluding carboxylic acids is 2. The number of hydrogen-bond donors (Lipinski definition) is 2. The van der Waals surface area contributed by atoms with Gasteiger partial charge in [0.15, 0.2) is 0 Å². The molecule has 0 aliphatic rings. The zero-order valence-electron chi connectivity index (χ0n) is 16.8. The Kier molecular flexibility index (Phi) is 6.71. The Labute approximate surface area is 174 Å². The number of likely N-dealkylation sites (N-methyl/N-ethyl adjacent to an activating group) is 1. The summed E-state index contributed by atoms with van der Waals surface area (Å²) in [7, 11) is 3.35. The summed E-state index contributed by atoms with van der Waals surface area (Å²) in [5.41, 5.74) is 8.65. The van der Waals surface area contributed by atoms with Gasteiger partial charge in [-0.15, -0.1) is 0 Å². The Balaban J connectivity index is 1.71. The summed E-state index contributed by atoms with van der Waals surface area (Å²) < 4.78 is 5.01. The summed E-state index contributed by atoms with van der Waals surface area (Å²) in [5, 5.41) is 3.07. The summed E-state index contributed by atoms with van der Waals surface area (Å²) in [6, 6.07) is 12.7. The van der Waals surface area contributed by atoms with E-state index in [0.29, 0.717) is 35.8 Å². The SMILES string of the molecule is COCCN(C)C(=O)c1ccc(-c2ccc(Nc3ccncc3C(N)=O)nc2)cc1. The lowest BCUT2D eigenvalue weighted by Crippen LogP contribution is -2.29. The normalized spacial score (nSPS) is 10.5. The van der Waals surface area contributed by atoms with Crippen molar-refractivity contribution in [3.05, 3.63) is 72.2 Å². The van der Waals surface area contributed by atoms with E-state index in [-0.39, 0.29) is 5.91 Å². The number of benzene rings is 1. The molecule has 0 spiro atoms. The van der Waals surface area contributed by atoms with E-state index in [0.717, 1.165) is 11.1 Å². The fourth-order valence-corrected chi connectivity index (χ4v) is 2.83. The highest BCUT2D eigenvalue weighted by atomic mass is 16.5. The van der Waals surface area contributed by atoms with Crippen LogP contribution in [0.1, 0.15) is 20.7 Å². The molecular formula is C22H23N5O3. The van der Waals surface area contributed by atoms with Gasteiger partial charge in [0.05, 0.1) is 17.9 Å². The minimum atomic E-state index is -0.565. The Hall–Kier alpha value is -3.78. The zero-order chi connectivity index (χ0) is 21.5. The number of nitrogens with one attached hydrogen (secondary N) is 1. The first-order valence-corrected chi connectivity index (χ1v) is 9.31. The maximum absolute atomic E-state index is 12.4. The Morgan fingerprint density at radius 3 is 2.43 bits per heavy atom. The standard InChI is InChI=1S/C22H23N5O3/c1-27(11-12-30-2)22(29)16-5-3-15(4-6-16)17-7-8-20(25-13-17)26-19-9-10-24-14-18(19)21(23)28/h3-10,13-14H,11-12H2,1-2H3,(H2,23,28)(H,24,25,26). The van der Waals surface area contributed by atoms with Crippen molar-refractivity contribution in [2.75, 3.05) is 32.6 Å². The van der Waals surface area contributed by atoms with Gasteiger partial charge in [0.1, 0.15) is 5.82 Å². The Morgan fingerprint density at radius 1 is 1.07 bits per heavy atom. The summed E-state index contributed by atoms with van der Waals surface area (Å²) in [4.78, 5) is 33.8. The quantitative estimate of drug-likeness (QED) is 0.596. The number of pyridine rings is 2. The van der Waals surface area contributed by atoms with Crippen LogP contribution in [0.15, 0.2) is 61.1 Å². The highest BCUT2D eigenvalue weighted by molar-refractivity contribution is 5.98. The summed E-state index contributed by atoms with van der Waals surface area (Å²) >= 11 is 0. The van der Waals surface area contributed by atoms with Crippen LogP contribution in [0.5, 0.6) is 0 Å². The van der Waals surface area contributed by atoms with Gasteiger partial charge in [0, 0.05) is 50.4 Å². The van der Waals surface area contributed by atoms with E-state index in [1.54, 1.807) is 55.7 Å². The number of aromatic nitrogens is 2. The molecule has 154 valence electrons. The van der Waals surface area contributed by atoms with Gasteiger partial charge in [-0.1, -0.05) is 12.1 Å². The molecule has 8 nitrogen and oxygen atoms in total. The van der Waals surface area contributed by atoms with E-state index in [4.69, 9.17) is 10.5 Å². The monoisotopic (exact) mass is 405 g/mol. The highest BCUT2D eigenvalue weighted by Gasteiger charge is 2.12. The molecule has 2 amide bonds. The van der Waals surface area contributed by atoms with E-state index in [1.165, 1.54) is 6.20 Å². The molecule has 2 heterocycles. The van der Waals surface area contributed by atoms with E-state index in [9.17, 15) is 9.59 Å². The molecular weight excluding hydrogens is 382 g/mol. The largest absolute Gasteiger partial charge is 0.383 e. The Bertz CT molecular complexity index is 1020. The van der Waals surface area contributed by atoms with Crippen LogP contribution in [-0.2, 0) is 4.74 Å². The van der Waals surface area contributed by atoms with Crippen LogP contribution in [0.2, 0.25) is 0 Å². The minimum absolute atomic E-state index is 0.0566. The summed E-state index contributed by atoms with van der Waals surface area (Å²) in [6.07, 6.45) is 4.70. The van der Waals surface area contributed by atoms with Gasteiger partial charge in [-0.3, -0.25) is 14.6 Å². The molecule has 0 aliphatic heterocycles. The molecule has 0 radical (unpaired) electrons. The van der Waals surface area contributed by atoms with Gasteiger partial charge < -0.3 is 20.7 Å². The molecule has 30 heavy (non-hydrogen) atoms. The van der Waals surface area contributed by atoms with Crippen molar-refractivity contribution in [2.24, 2.45) is 5.73 Å². The molecule has 8 heteroatoms. The minimum Gasteiger partial charge on any atom is -0.383 e. The molecule has 0 aliphatic carbocycles. The van der Waals surface area contributed by atoms with Gasteiger partial charge in [-0.05, 0) is 35.9 Å². The van der Waals surface area contributed by atoms with E-state index < -0.39 is 5.91 Å². The van der Waals surface area contributed by atoms with Gasteiger partial charge in [-0.25, -0.2) is 4.98 Å². The molecule has 0 fully saturated rings. The molecule has 2 aromatic heterocycles. The molecule has 0 bridgehead atoms. The van der Waals surface area contributed by atoms with Crippen molar-refractivity contribution in [3.63, 3.8) is 0 Å². The van der Waals surface area contributed by atoms with E-state index in [2.05, 4.69) is 15.3 Å². The van der Waals surface area contributed by atoms with Gasteiger partial charge in [0.25, 0.3) is 11.8 Å². The number of methoxy groups -OCH3 is 1. The van der Waals surface area contributed by atoms with Gasteiger partial charge >= 0.3 is 0 Å². The van der Waals surface area contributed by atoms with Crippen molar-refractivity contribution >= 4 is 23.3 Å².